The zero-order chi connectivity index (χ0) is 24.4. The highest BCUT2D eigenvalue weighted by atomic mass is 32.1. The second kappa shape index (κ2) is 9.65. The highest BCUT2D eigenvalue weighted by Gasteiger charge is 2.15. The summed E-state index contributed by atoms with van der Waals surface area (Å²) < 4.78 is 1.56. The molecule has 1 aromatic heterocycles. The van der Waals surface area contributed by atoms with Crippen LogP contribution in [0.1, 0.15) is 35.7 Å². The lowest BCUT2D eigenvalue weighted by atomic mass is 10.0. The molecule has 1 heterocycles. The fraction of sp³-hybridized carbons (Fsp3) is 0.100. The molecular formula is C30H24N2O2S. The number of fused-ring (bicyclic) bond motifs is 1. The van der Waals surface area contributed by atoms with Gasteiger partial charge in [-0.2, -0.15) is 4.99 Å². The molecule has 0 unspecified atom stereocenters. The normalized spacial score (nSPS) is 11.8. The third-order valence-electron chi connectivity index (χ3n) is 5.94. The van der Waals surface area contributed by atoms with Crippen LogP contribution >= 0.6 is 11.3 Å². The maximum atomic E-state index is 13.7. The molecule has 172 valence electrons. The van der Waals surface area contributed by atoms with Crippen molar-refractivity contribution < 1.29 is 4.79 Å². The molecule has 0 spiro atoms. The number of carbonyl (C=O) groups excluding carboxylic acids is 1. The van der Waals surface area contributed by atoms with E-state index in [1.54, 1.807) is 34.9 Å². The first-order chi connectivity index (χ1) is 17.0. The molecule has 0 atom stereocenters. The van der Waals surface area contributed by atoms with Crippen molar-refractivity contribution in [2.24, 2.45) is 4.99 Å². The minimum absolute atomic E-state index is 0.193. The zero-order valence-corrected chi connectivity index (χ0v) is 20.3. The molecule has 0 aliphatic heterocycles. The Morgan fingerprint density at radius 2 is 1.51 bits per heavy atom. The van der Waals surface area contributed by atoms with Crippen molar-refractivity contribution in [2.75, 3.05) is 0 Å². The molecule has 0 saturated heterocycles. The highest BCUT2D eigenvalue weighted by Crippen LogP contribution is 2.30. The lowest BCUT2D eigenvalue weighted by molar-refractivity contribution is 0.0998. The van der Waals surface area contributed by atoms with Gasteiger partial charge in [0, 0.05) is 16.5 Å². The maximum absolute atomic E-state index is 13.7. The molecular weight excluding hydrogens is 452 g/mol. The van der Waals surface area contributed by atoms with Crippen LogP contribution in [0.25, 0.3) is 26.9 Å². The van der Waals surface area contributed by atoms with E-state index in [0.29, 0.717) is 10.4 Å². The van der Waals surface area contributed by atoms with Gasteiger partial charge in [0.1, 0.15) is 0 Å². The molecule has 4 nitrogen and oxygen atoms in total. The summed E-state index contributed by atoms with van der Waals surface area (Å²) in [4.78, 5) is 32.4. The van der Waals surface area contributed by atoms with Crippen LogP contribution in [-0.4, -0.2) is 10.5 Å². The first-order valence-corrected chi connectivity index (χ1v) is 12.3. The molecule has 5 rings (SSSR count). The Balaban J connectivity index is 1.81. The average Bonchev–Trinajstić information content (AvgIpc) is 2.88. The van der Waals surface area contributed by atoms with E-state index in [1.807, 2.05) is 72.8 Å². The van der Waals surface area contributed by atoms with E-state index in [9.17, 15) is 9.59 Å². The quantitative estimate of drug-likeness (QED) is 0.294. The smallest absolute Gasteiger partial charge is 0.269 e. The van der Waals surface area contributed by atoms with Crippen LogP contribution in [0, 0.1) is 0 Å². The number of carbonyl (C=O) groups is 1. The Bertz CT molecular complexity index is 1660. The first kappa shape index (κ1) is 22.7. The van der Waals surface area contributed by atoms with E-state index in [0.717, 1.165) is 32.5 Å². The van der Waals surface area contributed by atoms with E-state index in [1.165, 1.54) is 11.3 Å². The largest absolute Gasteiger partial charge is 0.279 e. The number of para-hydroxylation sites is 1. The van der Waals surface area contributed by atoms with Crippen molar-refractivity contribution in [2.45, 2.75) is 19.8 Å². The predicted molar refractivity (Wildman–Crippen MR) is 143 cm³/mol. The fourth-order valence-corrected chi connectivity index (χ4v) is 5.28. The number of benzene rings is 4. The summed E-state index contributed by atoms with van der Waals surface area (Å²) >= 11 is 1.34. The molecule has 35 heavy (non-hydrogen) atoms. The molecule has 0 fully saturated rings. The zero-order valence-electron chi connectivity index (χ0n) is 19.5. The topological polar surface area (TPSA) is 51.4 Å². The summed E-state index contributed by atoms with van der Waals surface area (Å²) in [5.74, 6) is -0.189. The van der Waals surface area contributed by atoms with E-state index in [-0.39, 0.29) is 17.4 Å². The van der Waals surface area contributed by atoms with Crippen molar-refractivity contribution in [3.8, 4) is 16.1 Å². The number of aromatic nitrogens is 1. The molecule has 0 N–H and O–H groups in total. The highest BCUT2D eigenvalue weighted by molar-refractivity contribution is 7.12. The molecule has 1 amide bonds. The summed E-state index contributed by atoms with van der Waals surface area (Å²) in [5.41, 5.74) is 2.96. The van der Waals surface area contributed by atoms with Crippen molar-refractivity contribution in [1.82, 2.24) is 4.57 Å². The minimum Gasteiger partial charge on any atom is -0.269 e. The predicted octanol–water partition coefficient (Wildman–Crippen LogP) is 6.58. The Morgan fingerprint density at radius 3 is 2.31 bits per heavy atom. The van der Waals surface area contributed by atoms with E-state index >= 15 is 0 Å². The molecule has 5 heteroatoms. The van der Waals surface area contributed by atoms with E-state index in [2.05, 4.69) is 18.8 Å². The van der Waals surface area contributed by atoms with Gasteiger partial charge in [-0.25, -0.2) is 0 Å². The van der Waals surface area contributed by atoms with Crippen LogP contribution < -0.4 is 10.4 Å². The van der Waals surface area contributed by atoms with Crippen LogP contribution in [0.15, 0.2) is 113 Å². The van der Waals surface area contributed by atoms with Crippen molar-refractivity contribution in [1.29, 1.82) is 0 Å². The Morgan fingerprint density at radius 1 is 0.829 bits per heavy atom. The van der Waals surface area contributed by atoms with Gasteiger partial charge in [0.2, 0.25) is 4.80 Å². The summed E-state index contributed by atoms with van der Waals surface area (Å²) in [7, 11) is 0. The van der Waals surface area contributed by atoms with Crippen molar-refractivity contribution >= 4 is 28.0 Å². The third-order valence-corrected chi connectivity index (χ3v) is 6.95. The third kappa shape index (κ3) is 4.51. The number of rotatable bonds is 4. The molecule has 0 bridgehead atoms. The van der Waals surface area contributed by atoms with E-state index < -0.39 is 0 Å². The van der Waals surface area contributed by atoms with Crippen LogP contribution in [0.4, 0.5) is 0 Å². The molecule has 0 aliphatic carbocycles. The van der Waals surface area contributed by atoms with Gasteiger partial charge in [0.25, 0.3) is 11.5 Å². The summed E-state index contributed by atoms with van der Waals surface area (Å²) in [5, 5.41) is 2.14. The van der Waals surface area contributed by atoms with Gasteiger partial charge in [0.05, 0.1) is 5.69 Å². The molecule has 5 aromatic rings. The molecule has 0 aliphatic rings. The number of hydrogen-bond acceptors (Lipinski definition) is 3. The number of hydrogen-bond donors (Lipinski definition) is 0. The Labute approximate surface area is 207 Å². The number of nitrogens with zero attached hydrogens (tertiary/aromatic N) is 2. The van der Waals surface area contributed by atoms with Crippen molar-refractivity contribution in [3.63, 3.8) is 0 Å². The lowest BCUT2D eigenvalue weighted by Crippen LogP contribution is -2.31. The Kier molecular flexibility index (Phi) is 6.25. The monoisotopic (exact) mass is 476 g/mol. The van der Waals surface area contributed by atoms with Gasteiger partial charge in [-0.15, -0.1) is 0 Å². The average molecular weight is 477 g/mol. The molecule has 4 aromatic carbocycles. The van der Waals surface area contributed by atoms with Crippen LogP contribution in [-0.2, 0) is 0 Å². The molecule has 0 radical (unpaired) electrons. The van der Waals surface area contributed by atoms with Gasteiger partial charge >= 0.3 is 0 Å². The second-order valence-corrected chi connectivity index (χ2v) is 9.60. The maximum Gasteiger partial charge on any atom is 0.279 e. The summed E-state index contributed by atoms with van der Waals surface area (Å²) in [6.07, 6.45) is 0. The fourth-order valence-electron chi connectivity index (χ4n) is 4.22. The lowest BCUT2D eigenvalue weighted by Gasteiger charge is -2.15. The SMILES string of the molecule is CC(C)c1ccccc1-n1c(=O)cc(-c2cccc3ccccc23)sc1=NC(=O)c1ccccc1. The van der Waals surface area contributed by atoms with Crippen molar-refractivity contribution in [3.05, 3.63) is 129 Å². The van der Waals surface area contributed by atoms with Crippen LogP contribution in [0.3, 0.4) is 0 Å². The van der Waals surface area contributed by atoms with Gasteiger partial charge in [-0.3, -0.25) is 14.2 Å². The van der Waals surface area contributed by atoms with Gasteiger partial charge in [-0.1, -0.05) is 104 Å². The minimum atomic E-state index is -0.382. The molecule has 0 saturated carbocycles. The van der Waals surface area contributed by atoms with Crippen LogP contribution in [0.2, 0.25) is 0 Å². The number of amides is 1. The summed E-state index contributed by atoms with van der Waals surface area (Å²) in [6, 6.07) is 32.5. The Hall–Kier alpha value is -4.09. The standard InChI is InChI=1S/C30H24N2O2S/c1-20(2)23-15-8-9-18-26(23)32-28(33)19-27(25-17-10-14-21-11-6-7-16-24(21)25)35-30(32)31-29(34)22-12-4-3-5-13-22/h3-20H,1-2H3. The first-order valence-electron chi connectivity index (χ1n) is 11.5. The van der Waals surface area contributed by atoms with Gasteiger partial charge in [0.15, 0.2) is 0 Å². The van der Waals surface area contributed by atoms with Gasteiger partial charge in [-0.05, 0) is 46.0 Å². The second-order valence-electron chi connectivity index (χ2n) is 8.59. The van der Waals surface area contributed by atoms with Gasteiger partial charge < -0.3 is 0 Å². The summed E-state index contributed by atoms with van der Waals surface area (Å²) in [6.45, 7) is 4.17. The van der Waals surface area contributed by atoms with E-state index in [4.69, 9.17) is 0 Å². The van der Waals surface area contributed by atoms with Crippen LogP contribution in [0.5, 0.6) is 0 Å².